The number of nitriles is 1. The van der Waals surface area contributed by atoms with Gasteiger partial charge in [0.25, 0.3) is 0 Å². The molecule has 0 radical (unpaired) electrons. The third-order valence-corrected chi connectivity index (χ3v) is 5.03. The zero-order chi connectivity index (χ0) is 19.3. The molecule has 0 amide bonds. The first-order chi connectivity index (χ1) is 13.8. The highest BCUT2D eigenvalue weighted by Crippen LogP contribution is 2.26. The fourth-order valence-corrected chi connectivity index (χ4v) is 3.37. The number of ether oxygens (including phenoxy) is 1. The lowest BCUT2D eigenvalue weighted by Gasteiger charge is -2.28. The van der Waals surface area contributed by atoms with E-state index in [4.69, 9.17) is 4.74 Å². The Bertz CT molecular complexity index is 1020. The van der Waals surface area contributed by atoms with E-state index in [2.05, 4.69) is 37.1 Å². The van der Waals surface area contributed by atoms with E-state index < -0.39 is 0 Å². The second-order valence-corrected chi connectivity index (χ2v) is 7.23. The number of allylic oxidation sites excluding steroid dienone is 1. The largest absolute Gasteiger partial charge is 0.378 e. The van der Waals surface area contributed by atoms with Crippen LogP contribution in [-0.4, -0.2) is 41.1 Å². The van der Waals surface area contributed by atoms with Crippen LogP contribution >= 0.6 is 15.9 Å². The molecule has 0 N–H and O–H groups in total. The van der Waals surface area contributed by atoms with Gasteiger partial charge < -0.3 is 9.64 Å². The Kier molecular flexibility index (Phi) is 5.51. The lowest BCUT2D eigenvalue weighted by atomic mass is 10.1. The summed E-state index contributed by atoms with van der Waals surface area (Å²) in [6.45, 7) is 2.78. The van der Waals surface area contributed by atoms with Crippen LogP contribution < -0.4 is 4.90 Å². The Morgan fingerprint density at radius 1 is 1.04 bits per heavy atom. The van der Waals surface area contributed by atoms with Gasteiger partial charge in [-0.1, -0.05) is 46.3 Å². The van der Waals surface area contributed by atoms with Gasteiger partial charge in [-0.15, -0.1) is 10.2 Å². The number of anilines is 1. The summed E-state index contributed by atoms with van der Waals surface area (Å²) in [6.07, 6.45) is 1.83. The van der Waals surface area contributed by atoms with Crippen LogP contribution in [0.3, 0.4) is 0 Å². The van der Waals surface area contributed by atoms with Crippen LogP contribution in [0.4, 0.5) is 5.95 Å². The zero-order valence-electron chi connectivity index (χ0n) is 15.1. The van der Waals surface area contributed by atoms with Crippen molar-refractivity contribution in [3.63, 3.8) is 0 Å². The average Bonchev–Trinajstić information content (AvgIpc) is 3.19. The molecular weight excluding hydrogens is 418 g/mol. The summed E-state index contributed by atoms with van der Waals surface area (Å²) in [5.41, 5.74) is 2.30. The second kappa shape index (κ2) is 8.38. The molecule has 6 nitrogen and oxygen atoms in total. The smallest absolute Gasteiger partial charge is 0.232 e. The van der Waals surface area contributed by atoms with Crippen LogP contribution in [-0.2, 0) is 4.74 Å². The average molecular weight is 436 g/mol. The third kappa shape index (κ3) is 3.84. The molecule has 2 aromatic carbocycles. The van der Waals surface area contributed by atoms with Crippen LogP contribution in [0.2, 0.25) is 0 Å². The number of hydrogen-bond donors (Lipinski definition) is 0. The van der Waals surface area contributed by atoms with Gasteiger partial charge in [0.2, 0.25) is 5.95 Å². The van der Waals surface area contributed by atoms with E-state index in [1.54, 1.807) is 0 Å². The molecule has 4 rings (SSSR count). The number of hydrogen-bond acceptors (Lipinski definition) is 5. The number of rotatable bonds is 4. The molecule has 1 aromatic heterocycles. The minimum atomic E-state index is 0.457. The van der Waals surface area contributed by atoms with Gasteiger partial charge in [-0.3, -0.25) is 4.57 Å². The molecule has 28 heavy (non-hydrogen) atoms. The topological polar surface area (TPSA) is 67.0 Å². The maximum Gasteiger partial charge on any atom is 0.232 e. The molecule has 1 saturated heterocycles. The summed E-state index contributed by atoms with van der Waals surface area (Å²) in [5, 5.41) is 18.7. The molecule has 140 valence electrons. The third-order valence-electron chi connectivity index (χ3n) is 4.50. The minimum Gasteiger partial charge on any atom is -0.378 e. The van der Waals surface area contributed by atoms with Crippen LogP contribution in [0.25, 0.3) is 17.3 Å². The SMILES string of the molecule is N#C/C(=C\c1ccc(Br)cc1)c1nnc(N2CCOCC2)n1-c1ccccc1. The fraction of sp³-hybridized carbons (Fsp3) is 0.190. The maximum atomic E-state index is 9.84. The molecule has 1 aliphatic rings. The van der Waals surface area contributed by atoms with E-state index in [0.29, 0.717) is 24.6 Å². The molecule has 0 atom stereocenters. The van der Waals surface area contributed by atoms with E-state index >= 15 is 0 Å². The number of nitrogens with zero attached hydrogens (tertiary/aromatic N) is 5. The van der Waals surface area contributed by atoms with Crippen molar-refractivity contribution in [2.75, 3.05) is 31.2 Å². The molecule has 2 heterocycles. The van der Waals surface area contributed by atoms with Crippen molar-refractivity contribution < 1.29 is 4.74 Å². The van der Waals surface area contributed by atoms with Crippen LogP contribution in [0, 0.1) is 11.3 Å². The van der Waals surface area contributed by atoms with Crippen molar-refractivity contribution in [1.82, 2.24) is 14.8 Å². The van der Waals surface area contributed by atoms with Gasteiger partial charge in [-0.2, -0.15) is 5.26 Å². The number of halogens is 1. The molecular formula is C21H18BrN5O. The van der Waals surface area contributed by atoms with E-state index in [1.807, 2.05) is 65.2 Å². The van der Waals surface area contributed by atoms with Crippen LogP contribution in [0.1, 0.15) is 11.4 Å². The second-order valence-electron chi connectivity index (χ2n) is 6.32. The number of benzene rings is 2. The molecule has 0 unspecified atom stereocenters. The van der Waals surface area contributed by atoms with Gasteiger partial charge in [0.15, 0.2) is 5.82 Å². The Hall–Kier alpha value is -2.95. The highest BCUT2D eigenvalue weighted by molar-refractivity contribution is 9.10. The number of morpholine rings is 1. The van der Waals surface area contributed by atoms with Gasteiger partial charge in [-0.05, 0) is 35.9 Å². The quantitative estimate of drug-likeness (QED) is 0.580. The normalized spacial score (nSPS) is 14.7. The molecule has 1 fully saturated rings. The van der Waals surface area contributed by atoms with Crippen molar-refractivity contribution in [1.29, 1.82) is 5.26 Å². The molecule has 0 saturated carbocycles. The predicted octanol–water partition coefficient (Wildman–Crippen LogP) is 3.93. The highest BCUT2D eigenvalue weighted by Gasteiger charge is 2.23. The first-order valence-corrected chi connectivity index (χ1v) is 9.77. The van der Waals surface area contributed by atoms with E-state index in [0.717, 1.165) is 34.8 Å². The molecule has 0 aliphatic carbocycles. The Balaban J connectivity index is 1.82. The first kappa shape index (κ1) is 18.4. The van der Waals surface area contributed by atoms with Gasteiger partial charge in [0.1, 0.15) is 6.07 Å². The molecule has 1 aliphatic heterocycles. The van der Waals surface area contributed by atoms with Crippen molar-refractivity contribution >= 4 is 33.5 Å². The van der Waals surface area contributed by atoms with Crippen molar-refractivity contribution in [2.45, 2.75) is 0 Å². The monoisotopic (exact) mass is 435 g/mol. The van der Waals surface area contributed by atoms with Crippen molar-refractivity contribution in [3.8, 4) is 11.8 Å². The summed E-state index contributed by atoms with van der Waals surface area (Å²) in [7, 11) is 0. The molecule has 7 heteroatoms. The van der Waals surface area contributed by atoms with Crippen molar-refractivity contribution in [3.05, 3.63) is 70.5 Å². The van der Waals surface area contributed by atoms with Gasteiger partial charge in [-0.25, -0.2) is 0 Å². The predicted molar refractivity (Wildman–Crippen MR) is 112 cm³/mol. The summed E-state index contributed by atoms with van der Waals surface area (Å²) in [5.74, 6) is 1.25. The van der Waals surface area contributed by atoms with E-state index in [9.17, 15) is 5.26 Å². The van der Waals surface area contributed by atoms with Gasteiger partial charge in [0, 0.05) is 17.6 Å². The Labute approximate surface area is 171 Å². The first-order valence-electron chi connectivity index (χ1n) is 8.97. The van der Waals surface area contributed by atoms with Crippen LogP contribution in [0.5, 0.6) is 0 Å². The minimum absolute atomic E-state index is 0.457. The summed E-state index contributed by atoms with van der Waals surface area (Å²) in [6, 6.07) is 20.0. The van der Waals surface area contributed by atoms with E-state index in [-0.39, 0.29) is 0 Å². The standard InChI is InChI=1S/C21H18BrN5O/c22-18-8-6-16(7-9-18)14-17(15-23)20-24-25-21(26-10-12-28-13-11-26)27(20)19-4-2-1-3-5-19/h1-9,14H,10-13H2/b17-14+. The number of aromatic nitrogens is 3. The van der Waals surface area contributed by atoms with Gasteiger partial charge >= 0.3 is 0 Å². The Morgan fingerprint density at radius 3 is 2.43 bits per heavy atom. The summed E-state index contributed by atoms with van der Waals surface area (Å²) in [4.78, 5) is 2.14. The summed E-state index contributed by atoms with van der Waals surface area (Å²) >= 11 is 3.44. The molecule has 0 spiro atoms. The summed E-state index contributed by atoms with van der Waals surface area (Å²) < 4.78 is 8.40. The highest BCUT2D eigenvalue weighted by atomic mass is 79.9. The Morgan fingerprint density at radius 2 is 1.75 bits per heavy atom. The zero-order valence-corrected chi connectivity index (χ0v) is 16.7. The molecule has 0 bridgehead atoms. The van der Waals surface area contributed by atoms with Crippen molar-refractivity contribution in [2.24, 2.45) is 0 Å². The maximum absolute atomic E-state index is 9.84. The van der Waals surface area contributed by atoms with E-state index in [1.165, 1.54) is 0 Å². The lowest BCUT2D eigenvalue weighted by Crippen LogP contribution is -2.38. The van der Waals surface area contributed by atoms with Gasteiger partial charge in [0.05, 0.1) is 24.5 Å². The molecule has 3 aromatic rings. The van der Waals surface area contributed by atoms with Crippen LogP contribution in [0.15, 0.2) is 59.1 Å². The lowest BCUT2D eigenvalue weighted by molar-refractivity contribution is 0.122. The fourth-order valence-electron chi connectivity index (χ4n) is 3.11. The number of para-hydroxylation sites is 1.